The van der Waals surface area contributed by atoms with E-state index < -0.39 is 17.5 Å². The molecule has 0 aromatic heterocycles. The van der Waals surface area contributed by atoms with Crippen molar-refractivity contribution >= 4 is 5.91 Å². The van der Waals surface area contributed by atoms with Gasteiger partial charge in [0.25, 0.3) is 0 Å². The molecule has 1 aliphatic heterocycles. The summed E-state index contributed by atoms with van der Waals surface area (Å²) in [6.45, 7) is 0.957. The molecule has 1 amide bonds. The van der Waals surface area contributed by atoms with Gasteiger partial charge in [-0.05, 0) is 58.7 Å². The average Bonchev–Trinajstić information content (AvgIpc) is 2.92. The summed E-state index contributed by atoms with van der Waals surface area (Å²) in [5, 5.41) is 12.2. The number of amides is 1. The first-order chi connectivity index (χ1) is 17.9. The molecule has 37 heavy (non-hydrogen) atoms. The molecule has 2 atom stereocenters. The van der Waals surface area contributed by atoms with E-state index in [1.54, 1.807) is 53.4 Å². The van der Waals surface area contributed by atoms with Crippen molar-refractivity contribution in [3.8, 4) is 5.75 Å². The Morgan fingerprint density at radius 1 is 0.811 bits per heavy atom. The molecule has 0 saturated carbocycles. The Hall–Kier alpha value is -4.03. The molecule has 1 unspecified atom stereocenters. The second kappa shape index (κ2) is 10.5. The average molecular weight is 500 g/mol. The van der Waals surface area contributed by atoms with Gasteiger partial charge in [-0.2, -0.15) is 0 Å². The summed E-state index contributed by atoms with van der Waals surface area (Å²) in [5.41, 5.74) is 1.27. The van der Waals surface area contributed by atoms with Crippen molar-refractivity contribution in [1.29, 1.82) is 0 Å². The molecule has 1 heterocycles. The van der Waals surface area contributed by atoms with Crippen LogP contribution in [0.1, 0.15) is 41.1 Å². The van der Waals surface area contributed by atoms with Crippen LogP contribution in [0.4, 0.5) is 8.78 Å². The topological polar surface area (TPSA) is 49.8 Å². The fourth-order valence-electron chi connectivity index (χ4n) is 4.73. The molecule has 1 N–H and O–H groups in total. The molecule has 1 fully saturated rings. The highest BCUT2D eigenvalue weighted by Crippen LogP contribution is 2.42. The first-order valence-corrected chi connectivity index (χ1v) is 12.2. The molecule has 0 bridgehead atoms. The van der Waals surface area contributed by atoms with E-state index in [1.165, 1.54) is 24.3 Å². The summed E-state index contributed by atoms with van der Waals surface area (Å²) in [5.74, 6) is -0.177. The van der Waals surface area contributed by atoms with Crippen molar-refractivity contribution in [2.75, 3.05) is 6.54 Å². The lowest BCUT2D eigenvalue weighted by molar-refractivity contribution is -0.144. The first kappa shape index (κ1) is 24.7. The zero-order valence-corrected chi connectivity index (χ0v) is 20.2. The fourth-order valence-corrected chi connectivity index (χ4v) is 4.73. The highest BCUT2D eigenvalue weighted by Gasteiger charge is 2.41. The zero-order chi connectivity index (χ0) is 25.8. The third-order valence-electron chi connectivity index (χ3n) is 6.91. The summed E-state index contributed by atoms with van der Waals surface area (Å²) < 4.78 is 33.3. The van der Waals surface area contributed by atoms with Gasteiger partial charge in [-0.3, -0.25) is 4.79 Å². The predicted octanol–water partition coefficient (Wildman–Crippen LogP) is 6.14. The van der Waals surface area contributed by atoms with Crippen LogP contribution < -0.4 is 4.74 Å². The third-order valence-corrected chi connectivity index (χ3v) is 6.91. The van der Waals surface area contributed by atoms with E-state index in [2.05, 4.69) is 0 Å². The predicted molar refractivity (Wildman–Crippen MR) is 137 cm³/mol. The zero-order valence-electron chi connectivity index (χ0n) is 20.2. The van der Waals surface area contributed by atoms with Gasteiger partial charge in [-0.25, -0.2) is 8.78 Å². The maximum Gasteiger partial charge on any atom is 0.224 e. The number of β-lactam (4-membered cyclic amide) rings is 1. The number of rotatable bonds is 9. The summed E-state index contributed by atoms with van der Waals surface area (Å²) >= 11 is 0. The summed E-state index contributed by atoms with van der Waals surface area (Å²) in [7, 11) is 0. The van der Waals surface area contributed by atoms with Gasteiger partial charge in [0, 0.05) is 19.4 Å². The molecular weight excluding hydrogens is 472 g/mol. The van der Waals surface area contributed by atoms with E-state index in [-0.39, 0.29) is 18.1 Å². The van der Waals surface area contributed by atoms with Gasteiger partial charge in [0.2, 0.25) is 5.91 Å². The van der Waals surface area contributed by atoms with Crippen molar-refractivity contribution in [2.45, 2.75) is 31.1 Å². The molecule has 4 aromatic carbocycles. The highest BCUT2D eigenvalue weighted by atomic mass is 19.1. The Balaban J connectivity index is 1.48. The van der Waals surface area contributed by atoms with E-state index in [4.69, 9.17) is 4.74 Å². The van der Waals surface area contributed by atoms with Crippen molar-refractivity contribution in [2.24, 2.45) is 0 Å². The second-order valence-corrected chi connectivity index (χ2v) is 9.27. The van der Waals surface area contributed by atoms with Crippen LogP contribution in [-0.4, -0.2) is 22.5 Å². The third kappa shape index (κ3) is 5.39. The number of hydrogen-bond donors (Lipinski definition) is 1. The SMILES string of the molecule is O=C1CCN1C(C[C@](O)(c1ccc(F)cc1)c1ccc(OCc2ccccc2)cc1)c1ccc(F)cc1. The van der Waals surface area contributed by atoms with E-state index >= 15 is 0 Å². The van der Waals surface area contributed by atoms with E-state index in [0.717, 1.165) is 11.1 Å². The van der Waals surface area contributed by atoms with Crippen LogP contribution in [0.15, 0.2) is 103 Å². The smallest absolute Gasteiger partial charge is 0.224 e. The largest absolute Gasteiger partial charge is 0.489 e. The standard InChI is InChI=1S/C31H27F2NO3/c32-26-12-6-23(7-13-26)29(34-19-18-30(34)35)20-31(36,24-8-14-27(33)15-9-24)25-10-16-28(17-11-25)37-21-22-4-2-1-3-5-22/h1-17,29,36H,18-21H2/t29?,31-/m0/s1. The Labute approximate surface area is 214 Å². The number of nitrogens with zero attached hydrogens (tertiary/aromatic N) is 1. The maximum atomic E-state index is 13.8. The van der Waals surface area contributed by atoms with Crippen LogP contribution in [0.25, 0.3) is 0 Å². The van der Waals surface area contributed by atoms with Crippen LogP contribution in [0.3, 0.4) is 0 Å². The van der Waals surface area contributed by atoms with Gasteiger partial charge in [-0.1, -0.05) is 66.7 Å². The monoisotopic (exact) mass is 499 g/mol. The minimum atomic E-state index is -1.55. The minimum absolute atomic E-state index is 0.0274. The van der Waals surface area contributed by atoms with Gasteiger partial charge in [0.1, 0.15) is 29.6 Å². The van der Waals surface area contributed by atoms with E-state index in [1.807, 2.05) is 30.3 Å². The van der Waals surface area contributed by atoms with Crippen molar-refractivity contribution < 1.29 is 23.4 Å². The fraction of sp³-hybridized carbons (Fsp3) is 0.194. The van der Waals surface area contributed by atoms with Gasteiger partial charge in [0.05, 0.1) is 6.04 Å². The molecule has 4 nitrogen and oxygen atoms in total. The first-order valence-electron chi connectivity index (χ1n) is 12.2. The van der Waals surface area contributed by atoms with Gasteiger partial charge < -0.3 is 14.7 Å². The summed E-state index contributed by atoms with van der Waals surface area (Å²) in [6, 6.07) is 28.1. The molecule has 1 aliphatic rings. The molecule has 0 spiro atoms. The number of likely N-dealkylation sites (tertiary alicyclic amines) is 1. The molecule has 6 heteroatoms. The number of halogens is 2. The molecule has 0 radical (unpaired) electrons. The normalized spacial score (nSPS) is 15.5. The van der Waals surface area contributed by atoms with E-state index in [9.17, 15) is 18.7 Å². The van der Waals surface area contributed by atoms with Crippen LogP contribution in [0.5, 0.6) is 5.75 Å². The molecule has 4 aromatic rings. The van der Waals surface area contributed by atoms with Crippen LogP contribution in [0, 0.1) is 11.6 Å². The van der Waals surface area contributed by atoms with Crippen molar-refractivity contribution in [3.05, 3.63) is 137 Å². The van der Waals surface area contributed by atoms with Gasteiger partial charge >= 0.3 is 0 Å². The Bertz CT molecular complexity index is 1340. The second-order valence-electron chi connectivity index (χ2n) is 9.27. The number of carbonyl (C=O) groups excluding carboxylic acids is 1. The van der Waals surface area contributed by atoms with E-state index in [0.29, 0.717) is 36.4 Å². The Kier molecular flexibility index (Phi) is 7.01. The molecule has 188 valence electrons. The summed E-state index contributed by atoms with van der Waals surface area (Å²) in [4.78, 5) is 14.1. The molecule has 0 aliphatic carbocycles. The number of benzene rings is 4. The summed E-state index contributed by atoms with van der Waals surface area (Å²) in [6.07, 6.45) is 0.542. The molecule has 5 rings (SSSR count). The highest BCUT2D eigenvalue weighted by molar-refractivity contribution is 5.82. The Morgan fingerprint density at radius 3 is 1.92 bits per heavy atom. The van der Waals surface area contributed by atoms with Crippen LogP contribution in [0.2, 0.25) is 0 Å². The lowest BCUT2D eigenvalue weighted by Gasteiger charge is -2.42. The van der Waals surface area contributed by atoms with Gasteiger partial charge in [-0.15, -0.1) is 0 Å². The number of ether oxygens (including phenoxy) is 1. The quantitative estimate of drug-likeness (QED) is 0.281. The molecule has 1 saturated heterocycles. The Morgan fingerprint density at radius 2 is 1.38 bits per heavy atom. The van der Waals surface area contributed by atoms with Gasteiger partial charge in [0.15, 0.2) is 0 Å². The maximum absolute atomic E-state index is 13.8. The minimum Gasteiger partial charge on any atom is -0.489 e. The number of aliphatic hydroxyl groups is 1. The van der Waals surface area contributed by atoms with Crippen LogP contribution >= 0.6 is 0 Å². The molecular formula is C31H27F2NO3. The lowest BCUT2D eigenvalue weighted by atomic mass is 9.79. The van der Waals surface area contributed by atoms with Crippen LogP contribution in [-0.2, 0) is 17.0 Å². The van der Waals surface area contributed by atoms with Crippen molar-refractivity contribution in [3.63, 3.8) is 0 Å². The van der Waals surface area contributed by atoms with Crippen molar-refractivity contribution in [1.82, 2.24) is 4.90 Å². The number of carbonyl (C=O) groups is 1. The number of hydrogen-bond acceptors (Lipinski definition) is 3. The lowest BCUT2D eigenvalue weighted by Crippen LogP contribution is -2.48.